The maximum Gasteiger partial charge on any atom is 0.137 e. The molecule has 172 valence electrons. The first-order valence-electron chi connectivity index (χ1n) is 11.8. The first kappa shape index (κ1) is 24.4. The normalized spacial score (nSPS) is 13.6. The summed E-state index contributed by atoms with van der Waals surface area (Å²) in [5.74, 6) is 0.212. The second-order valence-electron chi connectivity index (χ2n) is 8.92. The summed E-state index contributed by atoms with van der Waals surface area (Å²) in [4.78, 5) is 0. The molecule has 0 heterocycles. The third kappa shape index (κ3) is 6.04. The molecule has 34 heavy (non-hydrogen) atoms. The Hall–Kier alpha value is -2.72. The quantitative estimate of drug-likeness (QED) is 0.207. The van der Waals surface area contributed by atoms with Crippen LogP contribution in [0.15, 0.2) is 132 Å². The zero-order valence-electron chi connectivity index (χ0n) is 19.8. The maximum atomic E-state index is 6.54. The largest absolute Gasteiger partial charge is 0.368 e. The summed E-state index contributed by atoms with van der Waals surface area (Å²) >= 11 is 3.57. The van der Waals surface area contributed by atoms with E-state index in [9.17, 15) is 0 Å². The van der Waals surface area contributed by atoms with Gasteiger partial charge in [0.05, 0.1) is 12.7 Å². The molecule has 0 aliphatic rings. The molecule has 4 aromatic carbocycles. The fourth-order valence-corrected chi connectivity index (χ4v) is 7.78. The van der Waals surface area contributed by atoms with E-state index in [1.807, 2.05) is 6.07 Å². The van der Waals surface area contributed by atoms with Gasteiger partial charge in [-0.25, -0.2) is 0 Å². The molecule has 0 aromatic heterocycles. The Morgan fingerprint density at radius 3 is 1.76 bits per heavy atom. The van der Waals surface area contributed by atoms with Crippen LogP contribution in [0.3, 0.4) is 0 Å². The number of ether oxygens (including phenoxy) is 1. The molecular formula is C31H31BrOSi. The van der Waals surface area contributed by atoms with E-state index in [4.69, 9.17) is 4.74 Å². The third-order valence-corrected chi connectivity index (χ3v) is 10.9. The minimum atomic E-state index is -2.05. The summed E-state index contributed by atoms with van der Waals surface area (Å²) in [6.45, 7) is 5.28. The Bertz CT molecular complexity index is 1140. The summed E-state index contributed by atoms with van der Waals surface area (Å²) in [6, 6.07) is 40.8. The number of rotatable bonds is 9. The molecule has 3 heteroatoms. The Morgan fingerprint density at radius 1 is 0.735 bits per heavy atom. The SMILES string of the molecule is C[C@H](/C=C/[Si](C)(c1ccccc1)c1ccccc1)[C@H](OCc1ccccc1)c1ccc(Br)cc1. The molecule has 2 atom stereocenters. The Kier molecular flexibility index (Phi) is 8.33. The van der Waals surface area contributed by atoms with Crippen molar-refractivity contribution in [1.29, 1.82) is 0 Å². The molecule has 4 rings (SSSR count). The standard InChI is InChI=1S/C31H31BrOSi/c1-25(22-23-34(2,29-14-8-4-9-15-29)30-16-10-5-11-17-30)31(27-18-20-28(32)21-19-27)33-24-26-12-6-3-7-13-26/h3-23,25,31H,24H2,1-2H3/b23-22+/t25-,31+/m1/s1. The molecule has 4 aromatic rings. The highest BCUT2D eigenvalue weighted by atomic mass is 79.9. The molecule has 1 nitrogen and oxygen atoms in total. The number of halogens is 1. The van der Waals surface area contributed by atoms with Gasteiger partial charge in [-0.3, -0.25) is 0 Å². The summed E-state index contributed by atoms with van der Waals surface area (Å²) in [5.41, 5.74) is 4.87. The second-order valence-corrected chi connectivity index (χ2v) is 13.7. The Morgan fingerprint density at radius 2 is 1.24 bits per heavy atom. The van der Waals surface area contributed by atoms with Crippen molar-refractivity contribution in [2.24, 2.45) is 5.92 Å². The summed E-state index contributed by atoms with van der Waals surface area (Å²) in [6.07, 6.45) is 2.35. The van der Waals surface area contributed by atoms with Crippen molar-refractivity contribution in [1.82, 2.24) is 0 Å². The lowest BCUT2D eigenvalue weighted by atomic mass is 9.97. The summed E-state index contributed by atoms with van der Waals surface area (Å²) in [5, 5.41) is 2.82. The average molecular weight is 528 g/mol. The van der Waals surface area contributed by atoms with Crippen LogP contribution in [0.1, 0.15) is 24.2 Å². The van der Waals surface area contributed by atoms with Gasteiger partial charge in [0, 0.05) is 10.4 Å². The number of hydrogen-bond donors (Lipinski definition) is 0. The molecule has 0 N–H and O–H groups in total. The van der Waals surface area contributed by atoms with Gasteiger partial charge in [-0.2, -0.15) is 0 Å². The van der Waals surface area contributed by atoms with Crippen molar-refractivity contribution in [2.75, 3.05) is 0 Å². The monoisotopic (exact) mass is 526 g/mol. The van der Waals surface area contributed by atoms with Gasteiger partial charge in [-0.05, 0) is 23.3 Å². The van der Waals surface area contributed by atoms with Crippen molar-refractivity contribution in [3.8, 4) is 0 Å². The van der Waals surface area contributed by atoms with Crippen molar-refractivity contribution in [3.63, 3.8) is 0 Å². The van der Waals surface area contributed by atoms with Gasteiger partial charge < -0.3 is 4.74 Å². The summed E-state index contributed by atoms with van der Waals surface area (Å²) < 4.78 is 7.62. The van der Waals surface area contributed by atoms with Crippen LogP contribution in [0.5, 0.6) is 0 Å². The van der Waals surface area contributed by atoms with E-state index in [2.05, 4.69) is 150 Å². The molecule has 0 spiro atoms. The first-order chi connectivity index (χ1) is 16.6. The zero-order chi connectivity index (χ0) is 23.8. The zero-order valence-corrected chi connectivity index (χ0v) is 22.4. The van der Waals surface area contributed by atoms with Crippen molar-refractivity contribution >= 4 is 34.4 Å². The van der Waals surface area contributed by atoms with Crippen molar-refractivity contribution in [2.45, 2.75) is 26.2 Å². The minimum Gasteiger partial charge on any atom is -0.368 e. The van der Waals surface area contributed by atoms with Crippen LogP contribution in [0.4, 0.5) is 0 Å². The van der Waals surface area contributed by atoms with Gasteiger partial charge in [-0.15, -0.1) is 0 Å². The van der Waals surface area contributed by atoms with Crippen LogP contribution in [0.2, 0.25) is 6.55 Å². The maximum absolute atomic E-state index is 6.54. The van der Waals surface area contributed by atoms with Crippen molar-refractivity contribution in [3.05, 3.63) is 143 Å². The van der Waals surface area contributed by atoms with Crippen LogP contribution in [-0.2, 0) is 11.3 Å². The van der Waals surface area contributed by atoms with Crippen LogP contribution < -0.4 is 10.4 Å². The van der Waals surface area contributed by atoms with E-state index in [-0.39, 0.29) is 12.0 Å². The molecule has 0 saturated carbocycles. The molecule has 0 radical (unpaired) electrons. The molecular weight excluding hydrogens is 496 g/mol. The fourth-order valence-electron chi connectivity index (χ4n) is 4.34. The second kappa shape index (κ2) is 11.6. The first-order valence-corrected chi connectivity index (χ1v) is 15.1. The Balaban J connectivity index is 1.64. The van der Waals surface area contributed by atoms with E-state index >= 15 is 0 Å². The highest BCUT2D eigenvalue weighted by molar-refractivity contribution is 9.10. The highest BCUT2D eigenvalue weighted by Crippen LogP contribution is 2.30. The molecule has 0 saturated heterocycles. The van der Waals surface area contributed by atoms with Crippen molar-refractivity contribution < 1.29 is 4.74 Å². The predicted molar refractivity (Wildman–Crippen MR) is 150 cm³/mol. The molecule has 0 unspecified atom stereocenters. The lowest BCUT2D eigenvalue weighted by Crippen LogP contribution is -2.54. The molecule has 0 bridgehead atoms. The van der Waals surface area contributed by atoms with E-state index in [1.165, 1.54) is 21.5 Å². The molecule has 0 aliphatic carbocycles. The average Bonchev–Trinajstić information content (AvgIpc) is 2.90. The van der Waals surface area contributed by atoms with E-state index in [1.54, 1.807) is 0 Å². The van der Waals surface area contributed by atoms with Crippen LogP contribution in [0.25, 0.3) is 0 Å². The van der Waals surface area contributed by atoms with Crippen LogP contribution >= 0.6 is 15.9 Å². The van der Waals surface area contributed by atoms with E-state index in [0.717, 1.165) is 4.47 Å². The number of benzene rings is 4. The fraction of sp³-hybridized carbons (Fsp3) is 0.161. The van der Waals surface area contributed by atoms with Gasteiger partial charge in [-0.1, -0.05) is 155 Å². The smallest absolute Gasteiger partial charge is 0.137 e. The highest BCUT2D eigenvalue weighted by Gasteiger charge is 2.29. The van der Waals surface area contributed by atoms with E-state index < -0.39 is 8.07 Å². The predicted octanol–water partition coefficient (Wildman–Crippen LogP) is 7.33. The van der Waals surface area contributed by atoms with Gasteiger partial charge in [0.25, 0.3) is 0 Å². The lowest BCUT2D eigenvalue weighted by Gasteiger charge is -2.27. The minimum absolute atomic E-state index is 0.0330. The number of hydrogen-bond acceptors (Lipinski definition) is 1. The van der Waals surface area contributed by atoms with E-state index in [0.29, 0.717) is 6.61 Å². The van der Waals surface area contributed by atoms with Gasteiger partial charge in [0.15, 0.2) is 0 Å². The molecule has 0 aliphatic heterocycles. The van der Waals surface area contributed by atoms with Crippen LogP contribution in [0, 0.1) is 5.92 Å². The van der Waals surface area contributed by atoms with Gasteiger partial charge >= 0.3 is 0 Å². The van der Waals surface area contributed by atoms with Gasteiger partial charge in [0.1, 0.15) is 8.07 Å². The van der Waals surface area contributed by atoms with Crippen LogP contribution in [-0.4, -0.2) is 8.07 Å². The van der Waals surface area contributed by atoms with Gasteiger partial charge in [0.2, 0.25) is 0 Å². The summed E-state index contributed by atoms with van der Waals surface area (Å²) in [7, 11) is -2.05. The molecule has 0 amide bonds. The topological polar surface area (TPSA) is 9.23 Å². The Labute approximate surface area is 213 Å². The third-order valence-electron chi connectivity index (χ3n) is 6.43. The lowest BCUT2D eigenvalue weighted by molar-refractivity contribution is 0.0164. The molecule has 0 fully saturated rings.